The van der Waals surface area contributed by atoms with Gasteiger partial charge in [-0.15, -0.1) is 0 Å². The molecule has 1 aliphatic rings. The van der Waals surface area contributed by atoms with Gasteiger partial charge in [0, 0.05) is 32.7 Å². The van der Waals surface area contributed by atoms with Crippen molar-refractivity contribution in [3.05, 3.63) is 29.8 Å². The molecular weight excluding hydrogens is 266 g/mol. The van der Waals surface area contributed by atoms with Crippen molar-refractivity contribution < 1.29 is 9.53 Å². The van der Waals surface area contributed by atoms with Gasteiger partial charge in [0.2, 0.25) is 5.91 Å². The number of piperazine rings is 1. The van der Waals surface area contributed by atoms with Crippen LogP contribution in [0.4, 0.5) is 0 Å². The maximum absolute atomic E-state index is 12.5. The van der Waals surface area contributed by atoms with E-state index in [1.54, 1.807) is 7.11 Å². The first kappa shape index (κ1) is 15.8. The predicted molar refractivity (Wildman–Crippen MR) is 83.4 cm³/mol. The Morgan fingerprint density at radius 3 is 2.76 bits per heavy atom. The summed E-state index contributed by atoms with van der Waals surface area (Å²) in [5, 5.41) is 6.34. The quantitative estimate of drug-likeness (QED) is 0.850. The molecule has 0 unspecified atom stereocenters. The van der Waals surface area contributed by atoms with Crippen molar-refractivity contribution in [2.24, 2.45) is 0 Å². The van der Waals surface area contributed by atoms with Crippen LogP contribution in [0.3, 0.4) is 0 Å². The third kappa shape index (κ3) is 3.95. The first-order valence-electron chi connectivity index (χ1n) is 7.41. The van der Waals surface area contributed by atoms with Gasteiger partial charge in [-0.1, -0.05) is 12.1 Å². The van der Waals surface area contributed by atoms with Crippen molar-refractivity contribution >= 4 is 5.91 Å². The smallest absolute Gasteiger partial charge is 0.240 e. The fourth-order valence-electron chi connectivity index (χ4n) is 2.55. The molecule has 0 aliphatic carbocycles. The van der Waals surface area contributed by atoms with Gasteiger partial charge in [-0.2, -0.15) is 0 Å². The first-order valence-corrected chi connectivity index (χ1v) is 7.41. The molecule has 0 bridgehead atoms. The summed E-state index contributed by atoms with van der Waals surface area (Å²) in [4.78, 5) is 14.7. The van der Waals surface area contributed by atoms with Gasteiger partial charge in [0.05, 0.1) is 12.6 Å². The highest BCUT2D eigenvalue weighted by atomic mass is 16.5. The number of amides is 1. The lowest BCUT2D eigenvalue weighted by molar-refractivity contribution is -0.132. The molecule has 21 heavy (non-hydrogen) atoms. The molecule has 1 heterocycles. The standard InChI is InChI=1S/C16H25N3O2/c1-16(2,19-9-7-17-8-10-19)15(20)18-12-13-5-4-6-14(11-13)21-3/h4-6,11,17H,7-10,12H2,1-3H3,(H,18,20). The Bertz CT molecular complexity index is 482. The molecule has 2 rings (SSSR count). The number of rotatable bonds is 5. The van der Waals surface area contributed by atoms with Gasteiger partial charge in [0.25, 0.3) is 0 Å². The predicted octanol–water partition coefficient (Wildman–Crippen LogP) is 0.995. The van der Waals surface area contributed by atoms with Gasteiger partial charge >= 0.3 is 0 Å². The van der Waals surface area contributed by atoms with E-state index in [-0.39, 0.29) is 5.91 Å². The molecule has 1 aromatic carbocycles. The molecule has 1 amide bonds. The second kappa shape index (κ2) is 6.91. The summed E-state index contributed by atoms with van der Waals surface area (Å²) in [7, 11) is 1.64. The van der Waals surface area contributed by atoms with Crippen LogP contribution in [0.1, 0.15) is 19.4 Å². The highest BCUT2D eigenvalue weighted by Gasteiger charge is 2.34. The van der Waals surface area contributed by atoms with Crippen molar-refractivity contribution in [2.45, 2.75) is 25.9 Å². The minimum absolute atomic E-state index is 0.0622. The van der Waals surface area contributed by atoms with Crippen LogP contribution in [0.5, 0.6) is 5.75 Å². The summed E-state index contributed by atoms with van der Waals surface area (Å²) in [6, 6.07) is 7.76. The monoisotopic (exact) mass is 291 g/mol. The molecule has 1 fully saturated rings. The van der Waals surface area contributed by atoms with Crippen molar-refractivity contribution in [3.8, 4) is 5.75 Å². The zero-order valence-corrected chi connectivity index (χ0v) is 13.1. The van der Waals surface area contributed by atoms with Gasteiger partial charge in [-0.25, -0.2) is 0 Å². The Morgan fingerprint density at radius 1 is 1.38 bits per heavy atom. The van der Waals surface area contributed by atoms with E-state index in [9.17, 15) is 4.79 Å². The molecule has 1 aromatic rings. The van der Waals surface area contributed by atoms with E-state index < -0.39 is 5.54 Å². The number of benzene rings is 1. The number of methoxy groups -OCH3 is 1. The number of hydrogen-bond acceptors (Lipinski definition) is 4. The SMILES string of the molecule is COc1cccc(CNC(=O)C(C)(C)N2CCNCC2)c1. The van der Waals surface area contributed by atoms with E-state index in [4.69, 9.17) is 4.74 Å². The van der Waals surface area contributed by atoms with E-state index in [1.807, 2.05) is 38.1 Å². The number of nitrogens with zero attached hydrogens (tertiary/aromatic N) is 1. The Kier molecular flexibility index (Phi) is 5.20. The molecule has 2 N–H and O–H groups in total. The van der Waals surface area contributed by atoms with Crippen molar-refractivity contribution in [1.29, 1.82) is 0 Å². The molecule has 1 saturated heterocycles. The molecule has 0 radical (unpaired) electrons. The number of nitrogens with one attached hydrogen (secondary N) is 2. The lowest BCUT2D eigenvalue weighted by Gasteiger charge is -2.39. The zero-order valence-electron chi connectivity index (χ0n) is 13.1. The average Bonchev–Trinajstić information content (AvgIpc) is 2.53. The molecule has 5 heteroatoms. The fraction of sp³-hybridized carbons (Fsp3) is 0.562. The summed E-state index contributed by atoms with van der Waals surface area (Å²) in [5.74, 6) is 0.871. The Balaban J connectivity index is 1.93. The zero-order chi connectivity index (χ0) is 15.3. The van der Waals surface area contributed by atoms with Crippen LogP contribution in [0.25, 0.3) is 0 Å². The summed E-state index contributed by atoms with van der Waals surface area (Å²) in [6.45, 7) is 8.17. The molecular formula is C16H25N3O2. The Morgan fingerprint density at radius 2 is 2.10 bits per heavy atom. The maximum atomic E-state index is 12.5. The summed E-state index contributed by atoms with van der Waals surface area (Å²) in [6.07, 6.45) is 0. The van der Waals surface area contributed by atoms with E-state index in [1.165, 1.54) is 0 Å². The maximum Gasteiger partial charge on any atom is 0.240 e. The van der Waals surface area contributed by atoms with Crippen LogP contribution in [0, 0.1) is 0 Å². The van der Waals surface area contributed by atoms with Crippen LogP contribution < -0.4 is 15.4 Å². The molecule has 5 nitrogen and oxygen atoms in total. The van der Waals surface area contributed by atoms with Crippen LogP contribution >= 0.6 is 0 Å². The summed E-state index contributed by atoms with van der Waals surface area (Å²) >= 11 is 0. The van der Waals surface area contributed by atoms with Gasteiger partial charge in [0.15, 0.2) is 0 Å². The van der Waals surface area contributed by atoms with Crippen LogP contribution in [-0.2, 0) is 11.3 Å². The topological polar surface area (TPSA) is 53.6 Å². The third-order valence-electron chi connectivity index (χ3n) is 4.05. The van der Waals surface area contributed by atoms with E-state index in [2.05, 4.69) is 15.5 Å². The molecule has 0 spiro atoms. The first-order chi connectivity index (χ1) is 10.0. The second-order valence-electron chi connectivity index (χ2n) is 5.83. The number of carbonyl (C=O) groups excluding carboxylic acids is 1. The van der Waals surface area contributed by atoms with Crippen molar-refractivity contribution in [3.63, 3.8) is 0 Å². The minimum Gasteiger partial charge on any atom is -0.497 e. The Hall–Kier alpha value is -1.59. The molecule has 0 saturated carbocycles. The third-order valence-corrected chi connectivity index (χ3v) is 4.05. The number of hydrogen-bond donors (Lipinski definition) is 2. The van der Waals surface area contributed by atoms with Crippen LogP contribution in [0.2, 0.25) is 0 Å². The average molecular weight is 291 g/mol. The van der Waals surface area contributed by atoms with E-state index in [0.29, 0.717) is 6.54 Å². The lowest BCUT2D eigenvalue weighted by atomic mass is 10.0. The van der Waals surface area contributed by atoms with Crippen LogP contribution in [0.15, 0.2) is 24.3 Å². The Labute approximate surface area is 126 Å². The molecule has 0 aromatic heterocycles. The second-order valence-corrected chi connectivity index (χ2v) is 5.83. The van der Waals surface area contributed by atoms with E-state index in [0.717, 1.165) is 37.5 Å². The largest absolute Gasteiger partial charge is 0.497 e. The van der Waals surface area contributed by atoms with Crippen molar-refractivity contribution in [2.75, 3.05) is 33.3 Å². The summed E-state index contributed by atoms with van der Waals surface area (Å²) in [5.41, 5.74) is 0.555. The normalized spacial score (nSPS) is 16.5. The van der Waals surface area contributed by atoms with Gasteiger partial charge in [0.1, 0.15) is 5.75 Å². The fourth-order valence-corrected chi connectivity index (χ4v) is 2.55. The number of carbonyl (C=O) groups is 1. The van der Waals surface area contributed by atoms with Crippen LogP contribution in [-0.4, -0.2) is 49.6 Å². The molecule has 1 aliphatic heterocycles. The molecule has 116 valence electrons. The summed E-state index contributed by atoms with van der Waals surface area (Å²) < 4.78 is 5.20. The highest BCUT2D eigenvalue weighted by molar-refractivity contribution is 5.85. The molecule has 0 atom stereocenters. The van der Waals surface area contributed by atoms with Gasteiger partial charge < -0.3 is 15.4 Å². The van der Waals surface area contributed by atoms with Gasteiger partial charge in [-0.3, -0.25) is 9.69 Å². The minimum atomic E-state index is -0.485. The van der Waals surface area contributed by atoms with Crippen molar-refractivity contribution in [1.82, 2.24) is 15.5 Å². The highest BCUT2D eigenvalue weighted by Crippen LogP contribution is 2.16. The lowest BCUT2D eigenvalue weighted by Crippen LogP contribution is -2.59. The van der Waals surface area contributed by atoms with E-state index >= 15 is 0 Å². The number of ether oxygens (including phenoxy) is 1. The van der Waals surface area contributed by atoms with Gasteiger partial charge in [-0.05, 0) is 31.5 Å².